The third-order valence-electron chi connectivity index (χ3n) is 9.41. The maximum absolute atomic E-state index is 3.68. The maximum atomic E-state index is 3.68. The van der Waals surface area contributed by atoms with Crippen molar-refractivity contribution in [3.63, 3.8) is 0 Å². The second kappa shape index (κ2) is 10.8. The zero-order chi connectivity index (χ0) is 31.5. The highest BCUT2D eigenvalue weighted by Gasteiger charge is 2.16. The third kappa shape index (κ3) is 4.59. The van der Waals surface area contributed by atoms with Gasteiger partial charge in [-0.15, -0.1) is 0 Å². The molecule has 7 aromatic carbocycles. The van der Waals surface area contributed by atoms with Crippen LogP contribution in [0.3, 0.4) is 0 Å². The SMILES string of the molecule is Cc1ccc2[nH]c3cc4c(cc3c2c1)c1cc(C)ccc1n4-c1ccc(-c2ccc(N(c3ccccc3)c3ccccc3)cc2)cc1. The fourth-order valence-corrected chi connectivity index (χ4v) is 7.13. The number of aromatic nitrogens is 2. The molecule has 0 atom stereocenters. The molecule has 0 amide bonds. The first-order valence-corrected chi connectivity index (χ1v) is 16.2. The molecule has 0 fully saturated rings. The quantitative estimate of drug-likeness (QED) is 0.208. The maximum Gasteiger partial charge on any atom is 0.0562 e. The van der Waals surface area contributed by atoms with Crippen LogP contribution in [-0.2, 0) is 0 Å². The monoisotopic (exact) mass is 603 g/mol. The second-order valence-corrected chi connectivity index (χ2v) is 12.5. The Labute approximate surface area is 274 Å². The molecular formula is C44H33N3. The summed E-state index contributed by atoms with van der Waals surface area (Å²) in [6.07, 6.45) is 0. The number of anilines is 3. The van der Waals surface area contributed by atoms with Gasteiger partial charge in [-0.25, -0.2) is 0 Å². The number of fused-ring (bicyclic) bond motifs is 6. The molecule has 2 aromatic heterocycles. The van der Waals surface area contributed by atoms with Crippen molar-refractivity contribution in [2.75, 3.05) is 4.90 Å². The van der Waals surface area contributed by atoms with E-state index >= 15 is 0 Å². The van der Waals surface area contributed by atoms with E-state index in [2.05, 4.69) is 186 Å². The molecular weight excluding hydrogens is 571 g/mol. The molecule has 9 rings (SSSR count). The zero-order valence-corrected chi connectivity index (χ0v) is 26.4. The summed E-state index contributed by atoms with van der Waals surface area (Å²) in [4.78, 5) is 5.97. The van der Waals surface area contributed by atoms with Gasteiger partial charge in [0.25, 0.3) is 0 Å². The molecule has 0 radical (unpaired) electrons. The lowest BCUT2D eigenvalue weighted by Gasteiger charge is -2.25. The number of hydrogen-bond donors (Lipinski definition) is 1. The summed E-state index contributed by atoms with van der Waals surface area (Å²) in [5, 5.41) is 5.11. The molecule has 9 aromatic rings. The fourth-order valence-electron chi connectivity index (χ4n) is 7.13. The number of nitrogens with one attached hydrogen (secondary N) is 1. The third-order valence-corrected chi connectivity index (χ3v) is 9.41. The Morgan fingerprint density at radius 1 is 0.426 bits per heavy atom. The van der Waals surface area contributed by atoms with E-state index in [4.69, 9.17) is 0 Å². The summed E-state index contributed by atoms with van der Waals surface area (Å²) in [7, 11) is 0. The van der Waals surface area contributed by atoms with Gasteiger partial charge in [-0.1, -0.05) is 83.9 Å². The van der Waals surface area contributed by atoms with Gasteiger partial charge in [-0.2, -0.15) is 0 Å². The molecule has 0 saturated carbocycles. The minimum absolute atomic E-state index is 1.13. The molecule has 3 heteroatoms. The van der Waals surface area contributed by atoms with Crippen molar-refractivity contribution >= 4 is 60.7 Å². The number of hydrogen-bond acceptors (Lipinski definition) is 1. The molecule has 1 N–H and O–H groups in total. The van der Waals surface area contributed by atoms with Crippen LogP contribution in [0.2, 0.25) is 0 Å². The van der Waals surface area contributed by atoms with Gasteiger partial charge in [0.05, 0.1) is 11.0 Å². The molecule has 224 valence electrons. The molecule has 0 bridgehead atoms. The van der Waals surface area contributed by atoms with Crippen molar-refractivity contribution in [3.8, 4) is 16.8 Å². The lowest BCUT2D eigenvalue weighted by atomic mass is 10.0. The normalized spacial score (nSPS) is 11.6. The van der Waals surface area contributed by atoms with E-state index in [1.54, 1.807) is 0 Å². The Morgan fingerprint density at radius 3 is 1.62 bits per heavy atom. The van der Waals surface area contributed by atoms with E-state index in [-0.39, 0.29) is 0 Å². The summed E-state index contributed by atoms with van der Waals surface area (Å²) in [6, 6.07) is 57.1. The van der Waals surface area contributed by atoms with Crippen molar-refractivity contribution in [1.82, 2.24) is 9.55 Å². The van der Waals surface area contributed by atoms with E-state index in [1.807, 2.05) is 0 Å². The molecule has 0 aliphatic carbocycles. The highest BCUT2D eigenvalue weighted by atomic mass is 15.1. The van der Waals surface area contributed by atoms with Crippen molar-refractivity contribution in [2.45, 2.75) is 13.8 Å². The zero-order valence-electron chi connectivity index (χ0n) is 26.4. The van der Waals surface area contributed by atoms with E-state index in [0.717, 1.165) is 28.3 Å². The van der Waals surface area contributed by atoms with E-state index in [9.17, 15) is 0 Å². The van der Waals surface area contributed by atoms with E-state index < -0.39 is 0 Å². The minimum atomic E-state index is 1.13. The molecule has 0 unspecified atom stereocenters. The largest absolute Gasteiger partial charge is 0.354 e. The van der Waals surface area contributed by atoms with E-state index in [1.165, 1.54) is 60.3 Å². The van der Waals surface area contributed by atoms with Crippen LogP contribution in [-0.4, -0.2) is 9.55 Å². The van der Waals surface area contributed by atoms with Gasteiger partial charge >= 0.3 is 0 Å². The number of rotatable bonds is 5. The first-order valence-electron chi connectivity index (χ1n) is 16.2. The summed E-state index contributed by atoms with van der Waals surface area (Å²) in [5.74, 6) is 0. The Kier molecular flexibility index (Phi) is 6.26. The number of aromatic amines is 1. The molecule has 0 aliphatic rings. The topological polar surface area (TPSA) is 24.0 Å². The predicted molar refractivity (Wildman–Crippen MR) is 200 cm³/mol. The summed E-state index contributed by atoms with van der Waals surface area (Å²) < 4.78 is 2.41. The van der Waals surface area contributed by atoms with Crippen LogP contribution in [0.5, 0.6) is 0 Å². The summed E-state index contributed by atoms with van der Waals surface area (Å²) >= 11 is 0. The Balaban J connectivity index is 1.12. The van der Waals surface area contributed by atoms with Gasteiger partial charge in [0.1, 0.15) is 0 Å². The van der Waals surface area contributed by atoms with Gasteiger partial charge in [0.15, 0.2) is 0 Å². The molecule has 0 saturated heterocycles. The van der Waals surface area contributed by atoms with Crippen LogP contribution in [0.25, 0.3) is 60.4 Å². The number of H-pyrrole nitrogens is 1. The number of aryl methyl sites for hydroxylation is 2. The van der Waals surface area contributed by atoms with Crippen molar-refractivity contribution in [3.05, 3.63) is 169 Å². The summed E-state index contributed by atoms with van der Waals surface area (Å²) in [6.45, 7) is 4.34. The van der Waals surface area contributed by atoms with Gasteiger partial charge in [0.2, 0.25) is 0 Å². The van der Waals surface area contributed by atoms with Gasteiger partial charge in [-0.3, -0.25) is 0 Å². The van der Waals surface area contributed by atoms with E-state index in [0.29, 0.717) is 0 Å². The molecule has 2 heterocycles. The number of benzene rings is 7. The van der Waals surface area contributed by atoms with Crippen molar-refractivity contribution in [1.29, 1.82) is 0 Å². The highest BCUT2D eigenvalue weighted by Crippen LogP contribution is 2.39. The molecule has 47 heavy (non-hydrogen) atoms. The van der Waals surface area contributed by atoms with Crippen molar-refractivity contribution in [2.24, 2.45) is 0 Å². The lowest BCUT2D eigenvalue weighted by molar-refractivity contribution is 1.18. The molecule has 3 nitrogen and oxygen atoms in total. The Morgan fingerprint density at radius 2 is 0.957 bits per heavy atom. The fraction of sp³-hybridized carbons (Fsp3) is 0.0455. The second-order valence-electron chi connectivity index (χ2n) is 12.5. The standard InChI is InChI=1S/C44H33N3/c1-29-13-23-41-37(25-29)38-27-40-39-26-30(2)14-24-43(39)47(44(40)28-42(38)45-41)36-21-17-32(18-22-36)31-15-19-35(20-16-31)46(33-9-5-3-6-10-33)34-11-7-4-8-12-34/h3-28,45H,1-2H3. The Hall–Kier alpha value is -6.06. The van der Waals surface area contributed by atoms with Crippen LogP contribution in [0.1, 0.15) is 11.1 Å². The number of para-hydroxylation sites is 2. The van der Waals surface area contributed by atoms with Crippen LogP contribution in [0, 0.1) is 13.8 Å². The van der Waals surface area contributed by atoms with Gasteiger partial charge < -0.3 is 14.5 Å². The van der Waals surface area contributed by atoms with Gasteiger partial charge in [-0.05, 0) is 110 Å². The number of nitrogens with zero attached hydrogens (tertiary/aromatic N) is 2. The predicted octanol–water partition coefficient (Wildman–Crippen LogP) is 12.2. The van der Waals surface area contributed by atoms with Crippen LogP contribution in [0.4, 0.5) is 17.1 Å². The average molecular weight is 604 g/mol. The summed E-state index contributed by atoms with van der Waals surface area (Å²) in [5.41, 5.74) is 14.2. The average Bonchev–Trinajstić information content (AvgIpc) is 3.62. The minimum Gasteiger partial charge on any atom is -0.354 e. The first-order chi connectivity index (χ1) is 23.1. The van der Waals surface area contributed by atoms with Crippen LogP contribution >= 0.6 is 0 Å². The smallest absolute Gasteiger partial charge is 0.0562 e. The van der Waals surface area contributed by atoms with Crippen LogP contribution in [0.15, 0.2) is 158 Å². The highest BCUT2D eigenvalue weighted by molar-refractivity contribution is 6.18. The van der Waals surface area contributed by atoms with Crippen LogP contribution < -0.4 is 4.90 Å². The lowest BCUT2D eigenvalue weighted by Crippen LogP contribution is -2.09. The first kappa shape index (κ1) is 27.3. The Bertz CT molecular complexity index is 2520. The van der Waals surface area contributed by atoms with Gasteiger partial charge in [0, 0.05) is 55.3 Å². The molecule has 0 aliphatic heterocycles. The van der Waals surface area contributed by atoms with Crippen molar-refractivity contribution < 1.29 is 0 Å². The molecule has 0 spiro atoms.